The van der Waals surface area contributed by atoms with Crippen molar-refractivity contribution in [2.24, 2.45) is 11.3 Å². The second kappa shape index (κ2) is 5.26. The quantitative estimate of drug-likeness (QED) is 0.817. The molecule has 1 saturated carbocycles. The fourth-order valence-electron chi connectivity index (χ4n) is 3.73. The molecule has 1 aliphatic heterocycles. The Kier molecular flexibility index (Phi) is 3.98. The van der Waals surface area contributed by atoms with Gasteiger partial charge in [0.05, 0.1) is 0 Å². The van der Waals surface area contributed by atoms with Gasteiger partial charge in [0.1, 0.15) is 0 Å². The van der Waals surface area contributed by atoms with Crippen LogP contribution in [0.3, 0.4) is 0 Å². The van der Waals surface area contributed by atoms with Crippen LogP contribution in [0.1, 0.15) is 52.9 Å². The number of likely N-dealkylation sites (tertiary alicyclic amines) is 1. The molecule has 1 aliphatic carbocycles. The van der Waals surface area contributed by atoms with Crippen LogP contribution in [-0.2, 0) is 4.79 Å². The summed E-state index contributed by atoms with van der Waals surface area (Å²) in [5.74, 6) is 0.128. The summed E-state index contributed by atoms with van der Waals surface area (Å²) in [6.07, 6.45) is 3.85. The summed E-state index contributed by atoms with van der Waals surface area (Å²) < 4.78 is 0. The first kappa shape index (κ1) is 15.1. The van der Waals surface area contributed by atoms with Crippen LogP contribution in [0.5, 0.6) is 0 Å². The summed E-state index contributed by atoms with van der Waals surface area (Å²) in [5, 5.41) is 11.7. The first-order valence-corrected chi connectivity index (χ1v) is 7.58. The molecule has 0 radical (unpaired) electrons. The summed E-state index contributed by atoms with van der Waals surface area (Å²) in [6, 6.07) is 0. The zero-order valence-electron chi connectivity index (χ0n) is 12.7. The number of carbonyl (C=O) groups excluding carboxylic acids is 1. The van der Waals surface area contributed by atoms with Gasteiger partial charge in [-0.15, -0.1) is 0 Å². The van der Waals surface area contributed by atoms with Crippen LogP contribution in [0.15, 0.2) is 0 Å². The highest BCUT2D eigenvalue weighted by molar-refractivity contribution is 5.81. The number of carbonyl (C=O) groups is 2. The molecular weight excluding hydrogens is 256 g/mol. The average Bonchev–Trinajstić information content (AvgIpc) is 2.60. The summed E-state index contributed by atoms with van der Waals surface area (Å²) in [4.78, 5) is 25.7. The van der Waals surface area contributed by atoms with Gasteiger partial charge in [-0.2, -0.15) is 0 Å². The topological polar surface area (TPSA) is 69.6 Å². The lowest BCUT2D eigenvalue weighted by Gasteiger charge is -2.42. The second-order valence-electron chi connectivity index (χ2n) is 6.96. The van der Waals surface area contributed by atoms with E-state index in [1.165, 1.54) is 6.42 Å². The van der Waals surface area contributed by atoms with Gasteiger partial charge in [0.15, 0.2) is 0 Å². The van der Waals surface area contributed by atoms with Gasteiger partial charge >= 0.3 is 6.09 Å². The third-order valence-corrected chi connectivity index (χ3v) is 5.57. The highest BCUT2D eigenvalue weighted by Crippen LogP contribution is 2.50. The van der Waals surface area contributed by atoms with Gasteiger partial charge < -0.3 is 15.3 Å². The Balaban J connectivity index is 2.13. The van der Waals surface area contributed by atoms with E-state index in [-0.39, 0.29) is 17.2 Å². The summed E-state index contributed by atoms with van der Waals surface area (Å²) in [5.41, 5.74) is -0.894. The molecule has 2 N–H and O–H groups in total. The van der Waals surface area contributed by atoms with Crippen molar-refractivity contribution in [3.05, 3.63) is 0 Å². The van der Waals surface area contributed by atoms with Gasteiger partial charge in [-0.25, -0.2) is 4.79 Å². The number of nitrogens with zero attached hydrogens (tertiary/aromatic N) is 1. The number of rotatable bonds is 2. The summed E-state index contributed by atoms with van der Waals surface area (Å²) in [7, 11) is 0. The SMILES string of the molecule is CC1(C)[C@@H](C(=O)N2CCCCC2)CC[C@@]1(C)NC(=O)O. The largest absolute Gasteiger partial charge is 0.465 e. The molecule has 0 aromatic heterocycles. The van der Waals surface area contributed by atoms with E-state index in [2.05, 4.69) is 5.32 Å². The van der Waals surface area contributed by atoms with E-state index in [1.807, 2.05) is 25.7 Å². The van der Waals surface area contributed by atoms with Crippen molar-refractivity contribution in [2.75, 3.05) is 13.1 Å². The number of piperidine rings is 1. The molecule has 114 valence electrons. The first-order valence-electron chi connectivity index (χ1n) is 7.58. The molecule has 2 atom stereocenters. The zero-order chi connectivity index (χ0) is 15.0. The lowest BCUT2D eigenvalue weighted by molar-refractivity contribution is -0.140. The lowest BCUT2D eigenvalue weighted by atomic mass is 9.70. The van der Waals surface area contributed by atoms with E-state index in [1.54, 1.807) is 0 Å². The molecule has 20 heavy (non-hydrogen) atoms. The Labute approximate surface area is 120 Å². The van der Waals surface area contributed by atoms with E-state index in [0.29, 0.717) is 0 Å². The lowest BCUT2D eigenvalue weighted by Crippen LogP contribution is -2.56. The summed E-state index contributed by atoms with van der Waals surface area (Å²) >= 11 is 0. The van der Waals surface area contributed by atoms with Crippen LogP contribution in [0, 0.1) is 11.3 Å². The van der Waals surface area contributed by atoms with Gasteiger partial charge in [-0.1, -0.05) is 13.8 Å². The summed E-state index contributed by atoms with van der Waals surface area (Å²) in [6.45, 7) is 7.67. The molecule has 0 spiro atoms. The fourth-order valence-corrected chi connectivity index (χ4v) is 3.73. The van der Waals surface area contributed by atoms with Crippen molar-refractivity contribution in [1.82, 2.24) is 10.2 Å². The predicted octanol–water partition coefficient (Wildman–Crippen LogP) is 2.46. The maximum absolute atomic E-state index is 12.7. The molecule has 5 nitrogen and oxygen atoms in total. The molecule has 1 saturated heterocycles. The monoisotopic (exact) mass is 282 g/mol. The predicted molar refractivity (Wildman–Crippen MR) is 76.5 cm³/mol. The van der Waals surface area contributed by atoms with Crippen molar-refractivity contribution in [2.45, 2.75) is 58.4 Å². The number of carboxylic acid groups (broad SMARTS) is 1. The zero-order valence-corrected chi connectivity index (χ0v) is 12.7. The van der Waals surface area contributed by atoms with Crippen molar-refractivity contribution in [3.63, 3.8) is 0 Å². The molecular formula is C15H26N2O3. The first-order chi connectivity index (χ1) is 9.28. The third-order valence-electron chi connectivity index (χ3n) is 5.57. The molecule has 0 bridgehead atoms. The van der Waals surface area contributed by atoms with Crippen LogP contribution < -0.4 is 5.32 Å². The van der Waals surface area contributed by atoms with Crippen LogP contribution in [0.25, 0.3) is 0 Å². The number of hydrogen-bond donors (Lipinski definition) is 2. The minimum atomic E-state index is -1.01. The minimum absolute atomic E-state index is 0.0857. The van der Waals surface area contributed by atoms with Crippen LogP contribution in [0.2, 0.25) is 0 Å². The van der Waals surface area contributed by atoms with Gasteiger partial charge in [-0.3, -0.25) is 4.79 Å². The van der Waals surface area contributed by atoms with Gasteiger partial charge in [-0.05, 0) is 44.4 Å². The molecule has 2 amide bonds. The van der Waals surface area contributed by atoms with E-state index in [0.717, 1.165) is 38.8 Å². The molecule has 2 aliphatic rings. The van der Waals surface area contributed by atoms with Gasteiger partial charge in [0, 0.05) is 24.5 Å². The van der Waals surface area contributed by atoms with Crippen LogP contribution in [0.4, 0.5) is 4.79 Å². The number of nitrogens with one attached hydrogen (secondary N) is 1. The van der Waals surface area contributed by atoms with Crippen LogP contribution in [-0.4, -0.2) is 40.6 Å². The van der Waals surface area contributed by atoms with Gasteiger partial charge in [0.25, 0.3) is 0 Å². The second-order valence-corrected chi connectivity index (χ2v) is 6.96. The highest BCUT2D eigenvalue weighted by Gasteiger charge is 2.55. The average molecular weight is 282 g/mol. The Morgan fingerprint density at radius 1 is 1.15 bits per heavy atom. The Morgan fingerprint density at radius 2 is 1.75 bits per heavy atom. The Morgan fingerprint density at radius 3 is 2.30 bits per heavy atom. The molecule has 0 aromatic carbocycles. The van der Waals surface area contributed by atoms with Crippen LogP contribution >= 0.6 is 0 Å². The molecule has 2 fully saturated rings. The Bertz CT molecular complexity index is 402. The smallest absolute Gasteiger partial charge is 0.405 e. The van der Waals surface area contributed by atoms with E-state index < -0.39 is 11.6 Å². The van der Waals surface area contributed by atoms with E-state index >= 15 is 0 Å². The Hall–Kier alpha value is -1.26. The standard InChI is InChI=1S/C15H26N2O3/c1-14(2)11(7-8-15(14,3)16-13(19)20)12(18)17-9-5-4-6-10-17/h11,16H,4-10H2,1-3H3,(H,19,20)/t11-,15-/m1/s1. The van der Waals surface area contributed by atoms with Crippen molar-refractivity contribution >= 4 is 12.0 Å². The normalized spacial score (nSPS) is 33.0. The molecule has 1 heterocycles. The van der Waals surface area contributed by atoms with Crippen molar-refractivity contribution in [3.8, 4) is 0 Å². The van der Waals surface area contributed by atoms with E-state index in [4.69, 9.17) is 5.11 Å². The molecule has 2 rings (SSSR count). The van der Waals surface area contributed by atoms with E-state index in [9.17, 15) is 9.59 Å². The maximum Gasteiger partial charge on any atom is 0.405 e. The molecule has 0 aromatic rings. The molecule has 5 heteroatoms. The molecule has 0 unspecified atom stereocenters. The van der Waals surface area contributed by atoms with Gasteiger partial charge in [0.2, 0.25) is 5.91 Å². The third kappa shape index (κ3) is 2.50. The number of hydrogen-bond acceptors (Lipinski definition) is 2. The fraction of sp³-hybridized carbons (Fsp3) is 0.867. The number of amides is 2. The van der Waals surface area contributed by atoms with Crippen molar-refractivity contribution < 1.29 is 14.7 Å². The maximum atomic E-state index is 12.7. The van der Waals surface area contributed by atoms with Crippen molar-refractivity contribution in [1.29, 1.82) is 0 Å². The minimum Gasteiger partial charge on any atom is -0.465 e. The highest BCUT2D eigenvalue weighted by atomic mass is 16.4.